The van der Waals surface area contributed by atoms with Gasteiger partial charge in [-0.2, -0.15) is 5.10 Å². The summed E-state index contributed by atoms with van der Waals surface area (Å²) in [5.74, 6) is 1.15. The summed E-state index contributed by atoms with van der Waals surface area (Å²) in [4.78, 5) is 6.08. The maximum atomic E-state index is 12.1. The lowest BCUT2D eigenvalue weighted by Gasteiger charge is -2.32. The molecule has 3 rings (SSSR count). The lowest BCUT2D eigenvalue weighted by molar-refractivity contribution is -0.274. The Hall–Kier alpha value is -2.45. The molecule has 6 nitrogen and oxygen atoms in total. The number of piperidine rings is 1. The van der Waals surface area contributed by atoms with Crippen molar-refractivity contribution in [3.8, 4) is 5.75 Å². The number of nitrogens with one attached hydrogen (secondary N) is 1. The number of hydrogen-bond donors (Lipinski definition) is 2. The molecule has 0 amide bonds. The second-order valence-corrected chi connectivity index (χ2v) is 5.41. The number of pyridine rings is 1. The van der Waals surface area contributed by atoms with E-state index in [0.29, 0.717) is 17.6 Å². The number of rotatable bonds is 3. The summed E-state index contributed by atoms with van der Waals surface area (Å²) >= 11 is 0. The van der Waals surface area contributed by atoms with Crippen LogP contribution >= 0.6 is 0 Å². The summed E-state index contributed by atoms with van der Waals surface area (Å²) in [5, 5.41) is 6.86. The highest BCUT2D eigenvalue weighted by atomic mass is 19.4. The zero-order valence-electron chi connectivity index (χ0n) is 12.2. The number of halogens is 3. The van der Waals surface area contributed by atoms with Gasteiger partial charge in [0.2, 0.25) is 0 Å². The summed E-state index contributed by atoms with van der Waals surface area (Å²) in [5.41, 5.74) is 6.62. The van der Waals surface area contributed by atoms with Crippen molar-refractivity contribution in [1.29, 1.82) is 0 Å². The SMILES string of the molecule is Nc1cc(C2CCN(c3ccc(OC(F)(F)F)cn3)CC2)[nH]n1. The van der Waals surface area contributed by atoms with E-state index in [4.69, 9.17) is 5.73 Å². The van der Waals surface area contributed by atoms with Gasteiger partial charge in [0.15, 0.2) is 0 Å². The Morgan fingerprint density at radius 1 is 1.26 bits per heavy atom. The van der Waals surface area contributed by atoms with Crippen LogP contribution in [0.5, 0.6) is 5.75 Å². The topological polar surface area (TPSA) is 80.1 Å². The van der Waals surface area contributed by atoms with Crippen molar-refractivity contribution in [1.82, 2.24) is 15.2 Å². The van der Waals surface area contributed by atoms with E-state index in [0.717, 1.165) is 37.8 Å². The molecule has 0 aromatic carbocycles. The molecule has 0 unspecified atom stereocenters. The van der Waals surface area contributed by atoms with Gasteiger partial charge in [0.05, 0.1) is 6.20 Å². The van der Waals surface area contributed by atoms with Crippen molar-refractivity contribution in [2.45, 2.75) is 25.1 Å². The highest BCUT2D eigenvalue weighted by Gasteiger charge is 2.31. The first kappa shape index (κ1) is 15.4. The summed E-state index contributed by atoms with van der Waals surface area (Å²) < 4.78 is 40.2. The fourth-order valence-corrected chi connectivity index (χ4v) is 2.74. The van der Waals surface area contributed by atoms with Crippen molar-refractivity contribution >= 4 is 11.6 Å². The van der Waals surface area contributed by atoms with Crippen LogP contribution in [0.1, 0.15) is 24.5 Å². The van der Waals surface area contributed by atoms with Crippen LogP contribution in [0.25, 0.3) is 0 Å². The Bertz CT molecular complexity index is 647. The zero-order chi connectivity index (χ0) is 16.4. The molecule has 0 aliphatic carbocycles. The number of alkyl halides is 3. The molecule has 124 valence electrons. The normalized spacial score (nSPS) is 16.6. The van der Waals surface area contributed by atoms with Gasteiger partial charge in [-0.1, -0.05) is 0 Å². The predicted molar refractivity (Wildman–Crippen MR) is 78.1 cm³/mol. The van der Waals surface area contributed by atoms with Crippen LogP contribution < -0.4 is 15.4 Å². The summed E-state index contributed by atoms with van der Waals surface area (Å²) in [6.07, 6.45) is -1.83. The van der Waals surface area contributed by atoms with Gasteiger partial charge in [-0.25, -0.2) is 4.98 Å². The Kier molecular flexibility index (Phi) is 4.01. The highest BCUT2D eigenvalue weighted by molar-refractivity contribution is 5.42. The molecule has 0 radical (unpaired) electrons. The van der Waals surface area contributed by atoms with E-state index >= 15 is 0 Å². The first-order valence-electron chi connectivity index (χ1n) is 7.18. The highest BCUT2D eigenvalue weighted by Crippen LogP contribution is 2.30. The number of H-pyrrole nitrogens is 1. The van der Waals surface area contributed by atoms with E-state index in [2.05, 4.69) is 19.9 Å². The van der Waals surface area contributed by atoms with Gasteiger partial charge in [-0.05, 0) is 25.0 Å². The van der Waals surface area contributed by atoms with E-state index in [1.54, 1.807) is 0 Å². The lowest BCUT2D eigenvalue weighted by Crippen LogP contribution is -2.33. The largest absolute Gasteiger partial charge is 0.573 e. The summed E-state index contributed by atoms with van der Waals surface area (Å²) in [7, 11) is 0. The van der Waals surface area contributed by atoms with Gasteiger partial charge in [0.25, 0.3) is 0 Å². The molecule has 9 heteroatoms. The minimum Gasteiger partial charge on any atom is -0.404 e. The molecule has 0 saturated carbocycles. The number of nitrogens with zero attached hydrogens (tertiary/aromatic N) is 3. The number of aromatic amines is 1. The number of nitrogen functional groups attached to an aromatic ring is 1. The molecular formula is C14H16F3N5O. The predicted octanol–water partition coefficient (Wildman–Crippen LogP) is 2.67. The molecule has 1 fully saturated rings. The Morgan fingerprint density at radius 2 is 2.00 bits per heavy atom. The van der Waals surface area contributed by atoms with Crippen LogP contribution in [0.15, 0.2) is 24.4 Å². The van der Waals surface area contributed by atoms with Crippen molar-refractivity contribution < 1.29 is 17.9 Å². The maximum Gasteiger partial charge on any atom is 0.573 e. The number of ether oxygens (including phenoxy) is 1. The fraction of sp³-hybridized carbons (Fsp3) is 0.429. The molecule has 1 aliphatic heterocycles. The quantitative estimate of drug-likeness (QED) is 0.906. The molecule has 1 saturated heterocycles. The van der Waals surface area contributed by atoms with Crippen LogP contribution in [0.4, 0.5) is 24.8 Å². The second kappa shape index (κ2) is 5.98. The first-order chi connectivity index (χ1) is 10.9. The van der Waals surface area contributed by atoms with E-state index in [1.807, 2.05) is 11.0 Å². The molecule has 0 spiro atoms. The zero-order valence-corrected chi connectivity index (χ0v) is 12.2. The van der Waals surface area contributed by atoms with Crippen molar-refractivity contribution in [2.24, 2.45) is 0 Å². The number of aromatic nitrogens is 3. The van der Waals surface area contributed by atoms with Gasteiger partial charge in [-0.3, -0.25) is 5.10 Å². The van der Waals surface area contributed by atoms with Gasteiger partial charge >= 0.3 is 6.36 Å². The van der Waals surface area contributed by atoms with Crippen LogP contribution in [0.3, 0.4) is 0 Å². The van der Waals surface area contributed by atoms with Crippen molar-refractivity contribution in [2.75, 3.05) is 23.7 Å². The average Bonchev–Trinajstić information content (AvgIpc) is 2.93. The molecule has 0 bridgehead atoms. The van der Waals surface area contributed by atoms with Crippen molar-refractivity contribution in [3.05, 3.63) is 30.1 Å². The van der Waals surface area contributed by atoms with Gasteiger partial charge in [-0.15, -0.1) is 13.2 Å². The van der Waals surface area contributed by atoms with E-state index < -0.39 is 6.36 Å². The van der Waals surface area contributed by atoms with E-state index in [-0.39, 0.29) is 5.75 Å². The first-order valence-corrected chi connectivity index (χ1v) is 7.18. The smallest absolute Gasteiger partial charge is 0.404 e. The number of nitrogens with two attached hydrogens (primary N) is 1. The van der Waals surface area contributed by atoms with Crippen LogP contribution in [0, 0.1) is 0 Å². The fourth-order valence-electron chi connectivity index (χ4n) is 2.74. The Labute approximate surface area is 130 Å². The molecule has 3 N–H and O–H groups in total. The van der Waals surface area contributed by atoms with Gasteiger partial charge in [0.1, 0.15) is 17.4 Å². The number of hydrogen-bond acceptors (Lipinski definition) is 5. The molecule has 2 aromatic rings. The third kappa shape index (κ3) is 3.85. The summed E-state index contributed by atoms with van der Waals surface area (Å²) in [6, 6.07) is 4.65. The van der Waals surface area contributed by atoms with Crippen LogP contribution in [0.2, 0.25) is 0 Å². The summed E-state index contributed by atoms with van der Waals surface area (Å²) in [6.45, 7) is 1.52. The Morgan fingerprint density at radius 3 is 2.52 bits per heavy atom. The van der Waals surface area contributed by atoms with Crippen molar-refractivity contribution in [3.63, 3.8) is 0 Å². The third-order valence-corrected chi connectivity index (χ3v) is 3.83. The minimum absolute atomic E-state index is 0.316. The third-order valence-electron chi connectivity index (χ3n) is 3.83. The Balaban J connectivity index is 1.59. The molecule has 0 atom stereocenters. The molecule has 3 heterocycles. The second-order valence-electron chi connectivity index (χ2n) is 5.41. The average molecular weight is 327 g/mol. The molecular weight excluding hydrogens is 311 g/mol. The standard InChI is InChI=1S/C14H16F3N5O/c15-14(16,17)23-10-1-2-13(19-8-10)22-5-3-9(4-6-22)11-7-12(18)21-20-11/h1-2,7-9H,3-6H2,(H3,18,20,21). The monoisotopic (exact) mass is 327 g/mol. The van der Waals surface area contributed by atoms with E-state index in [9.17, 15) is 13.2 Å². The van der Waals surface area contributed by atoms with Crippen LogP contribution in [-0.4, -0.2) is 34.6 Å². The van der Waals surface area contributed by atoms with Gasteiger partial charge in [0, 0.05) is 30.8 Å². The maximum absolute atomic E-state index is 12.1. The number of anilines is 2. The minimum atomic E-state index is -4.70. The molecule has 1 aliphatic rings. The van der Waals surface area contributed by atoms with Gasteiger partial charge < -0.3 is 15.4 Å². The van der Waals surface area contributed by atoms with Crippen LogP contribution in [-0.2, 0) is 0 Å². The van der Waals surface area contributed by atoms with E-state index in [1.165, 1.54) is 12.1 Å². The molecule has 23 heavy (non-hydrogen) atoms. The lowest BCUT2D eigenvalue weighted by atomic mass is 9.93. The molecule has 2 aromatic heterocycles.